The third-order valence-corrected chi connectivity index (χ3v) is 3.28. The standard InChI is InChI=1S/C14H32N2O2/c1-13(2,3)15(9-11-17)7-8-16(10-12-18)14(4,5)6/h17-18H,7-12H2,1-6H3. The Hall–Kier alpha value is -0.160. The molecule has 0 spiro atoms. The zero-order valence-corrected chi connectivity index (χ0v) is 13.0. The van der Waals surface area contributed by atoms with Crippen LogP contribution in [0.3, 0.4) is 0 Å². The van der Waals surface area contributed by atoms with Crippen molar-refractivity contribution < 1.29 is 10.2 Å². The highest BCUT2D eigenvalue weighted by Gasteiger charge is 2.24. The maximum Gasteiger partial charge on any atom is 0.0558 e. The number of rotatable bonds is 7. The van der Waals surface area contributed by atoms with Crippen LogP contribution in [0.5, 0.6) is 0 Å². The molecule has 0 saturated heterocycles. The molecule has 0 aliphatic carbocycles. The predicted molar refractivity (Wildman–Crippen MR) is 76.8 cm³/mol. The summed E-state index contributed by atoms with van der Waals surface area (Å²) >= 11 is 0. The zero-order valence-electron chi connectivity index (χ0n) is 13.0. The summed E-state index contributed by atoms with van der Waals surface area (Å²) in [6.45, 7) is 16.5. The molecule has 0 aliphatic heterocycles. The molecule has 0 saturated carbocycles. The Morgan fingerprint density at radius 3 is 1.06 bits per heavy atom. The van der Waals surface area contributed by atoms with Crippen molar-refractivity contribution in [2.24, 2.45) is 0 Å². The molecular weight excluding hydrogens is 228 g/mol. The summed E-state index contributed by atoms with van der Waals surface area (Å²) in [6, 6.07) is 0. The second kappa shape index (κ2) is 7.43. The van der Waals surface area contributed by atoms with E-state index in [0.717, 1.165) is 13.1 Å². The molecule has 0 unspecified atom stereocenters. The first-order valence-corrected chi connectivity index (χ1v) is 6.84. The Morgan fingerprint density at radius 2 is 0.889 bits per heavy atom. The van der Waals surface area contributed by atoms with Gasteiger partial charge in [-0.2, -0.15) is 0 Å². The van der Waals surface area contributed by atoms with Crippen LogP contribution in [-0.4, -0.2) is 70.5 Å². The SMILES string of the molecule is CC(C)(C)N(CCO)CCN(CCO)C(C)(C)C. The molecule has 0 amide bonds. The highest BCUT2D eigenvalue weighted by Crippen LogP contribution is 2.16. The van der Waals surface area contributed by atoms with E-state index in [0.29, 0.717) is 13.1 Å². The van der Waals surface area contributed by atoms with Crippen LogP contribution in [-0.2, 0) is 0 Å². The Labute approximate surface area is 113 Å². The van der Waals surface area contributed by atoms with Gasteiger partial charge in [0.1, 0.15) is 0 Å². The number of aliphatic hydroxyl groups is 2. The Bertz CT molecular complexity index is 195. The molecule has 4 heteroatoms. The summed E-state index contributed by atoms with van der Waals surface area (Å²) in [4.78, 5) is 4.56. The molecule has 0 heterocycles. The van der Waals surface area contributed by atoms with Gasteiger partial charge in [-0.05, 0) is 41.5 Å². The molecule has 0 bridgehead atoms. The molecule has 0 aromatic heterocycles. The second-order valence-corrected chi connectivity index (χ2v) is 6.76. The van der Waals surface area contributed by atoms with E-state index in [1.54, 1.807) is 0 Å². The first-order chi connectivity index (χ1) is 8.12. The second-order valence-electron chi connectivity index (χ2n) is 6.76. The minimum absolute atomic E-state index is 0.0610. The summed E-state index contributed by atoms with van der Waals surface area (Å²) in [7, 11) is 0. The zero-order chi connectivity index (χ0) is 14.4. The van der Waals surface area contributed by atoms with E-state index in [4.69, 9.17) is 10.2 Å². The van der Waals surface area contributed by atoms with Crippen molar-refractivity contribution in [1.29, 1.82) is 0 Å². The summed E-state index contributed by atoms with van der Waals surface area (Å²) in [5, 5.41) is 18.3. The fraction of sp³-hybridized carbons (Fsp3) is 1.00. The van der Waals surface area contributed by atoms with Crippen LogP contribution in [0.15, 0.2) is 0 Å². The van der Waals surface area contributed by atoms with E-state index in [1.807, 2.05) is 0 Å². The highest BCUT2D eigenvalue weighted by atomic mass is 16.3. The van der Waals surface area contributed by atoms with Gasteiger partial charge >= 0.3 is 0 Å². The molecule has 2 N–H and O–H groups in total. The highest BCUT2D eigenvalue weighted by molar-refractivity contribution is 4.81. The maximum atomic E-state index is 9.13. The minimum atomic E-state index is 0.0610. The molecule has 0 aromatic rings. The van der Waals surface area contributed by atoms with Crippen molar-refractivity contribution >= 4 is 0 Å². The lowest BCUT2D eigenvalue weighted by Crippen LogP contribution is -2.51. The molecule has 0 atom stereocenters. The van der Waals surface area contributed by atoms with Crippen molar-refractivity contribution in [3.8, 4) is 0 Å². The van der Waals surface area contributed by atoms with Crippen LogP contribution >= 0.6 is 0 Å². The van der Waals surface area contributed by atoms with Gasteiger partial charge in [0, 0.05) is 37.3 Å². The van der Waals surface area contributed by atoms with Gasteiger partial charge in [-0.25, -0.2) is 0 Å². The summed E-state index contributed by atoms with van der Waals surface area (Å²) < 4.78 is 0. The quantitative estimate of drug-likeness (QED) is 0.721. The minimum Gasteiger partial charge on any atom is -0.395 e. The van der Waals surface area contributed by atoms with Crippen LogP contribution in [0, 0.1) is 0 Å². The topological polar surface area (TPSA) is 46.9 Å². The lowest BCUT2D eigenvalue weighted by molar-refractivity contribution is 0.0566. The Balaban J connectivity index is 4.47. The number of aliphatic hydroxyl groups excluding tert-OH is 2. The molecule has 0 aliphatic rings. The van der Waals surface area contributed by atoms with Gasteiger partial charge in [0.2, 0.25) is 0 Å². The largest absolute Gasteiger partial charge is 0.395 e. The van der Waals surface area contributed by atoms with Crippen molar-refractivity contribution in [3.05, 3.63) is 0 Å². The molecule has 4 nitrogen and oxygen atoms in total. The number of hydrogen-bond acceptors (Lipinski definition) is 4. The van der Waals surface area contributed by atoms with Gasteiger partial charge in [0.05, 0.1) is 13.2 Å². The van der Waals surface area contributed by atoms with Crippen molar-refractivity contribution in [2.45, 2.75) is 52.6 Å². The van der Waals surface area contributed by atoms with Crippen LogP contribution in [0.25, 0.3) is 0 Å². The molecule has 0 aromatic carbocycles. The van der Waals surface area contributed by atoms with Gasteiger partial charge < -0.3 is 10.2 Å². The Morgan fingerprint density at radius 1 is 0.611 bits per heavy atom. The smallest absolute Gasteiger partial charge is 0.0558 e. The lowest BCUT2D eigenvalue weighted by atomic mass is 10.0. The fourth-order valence-corrected chi connectivity index (χ4v) is 2.05. The summed E-state index contributed by atoms with van der Waals surface area (Å²) in [5.41, 5.74) is 0.122. The van der Waals surface area contributed by atoms with Gasteiger partial charge in [-0.3, -0.25) is 9.80 Å². The fourth-order valence-electron chi connectivity index (χ4n) is 2.05. The molecule has 18 heavy (non-hydrogen) atoms. The van der Waals surface area contributed by atoms with E-state index in [1.165, 1.54) is 0 Å². The van der Waals surface area contributed by atoms with Gasteiger partial charge in [0.25, 0.3) is 0 Å². The Kier molecular flexibility index (Phi) is 7.37. The van der Waals surface area contributed by atoms with E-state index >= 15 is 0 Å². The molecule has 0 fully saturated rings. The maximum absolute atomic E-state index is 9.13. The predicted octanol–water partition coefficient (Wildman–Crippen LogP) is 1.17. The summed E-state index contributed by atoms with van der Waals surface area (Å²) in [6.07, 6.45) is 0. The molecule has 110 valence electrons. The van der Waals surface area contributed by atoms with E-state index in [9.17, 15) is 0 Å². The number of β-amino-alcohol motifs (C(OH)–C–C–N with tert-alkyl or cyclic N) is 2. The monoisotopic (exact) mass is 260 g/mol. The van der Waals surface area contributed by atoms with Gasteiger partial charge in [0.15, 0.2) is 0 Å². The third kappa shape index (κ3) is 6.69. The normalized spacial score (nSPS) is 13.7. The van der Waals surface area contributed by atoms with E-state index in [-0.39, 0.29) is 24.3 Å². The molecule has 0 radical (unpaired) electrons. The lowest BCUT2D eigenvalue weighted by Gasteiger charge is -2.40. The van der Waals surface area contributed by atoms with E-state index in [2.05, 4.69) is 51.3 Å². The van der Waals surface area contributed by atoms with Gasteiger partial charge in [-0.15, -0.1) is 0 Å². The third-order valence-electron chi connectivity index (χ3n) is 3.28. The number of nitrogens with zero attached hydrogens (tertiary/aromatic N) is 2. The molecular formula is C14H32N2O2. The van der Waals surface area contributed by atoms with E-state index < -0.39 is 0 Å². The average molecular weight is 260 g/mol. The van der Waals surface area contributed by atoms with Gasteiger partial charge in [-0.1, -0.05) is 0 Å². The van der Waals surface area contributed by atoms with Crippen molar-refractivity contribution in [3.63, 3.8) is 0 Å². The van der Waals surface area contributed by atoms with Crippen molar-refractivity contribution in [1.82, 2.24) is 9.80 Å². The average Bonchev–Trinajstić information content (AvgIpc) is 2.18. The van der Waals surface area contributed by atoms with Crippen LogP contribution in [0.1, 0.15) is 41.5 Å². The number of hydrogen-bond donors (Lipinski definition) is 2. The first-order valence-electron chi connectivity index (χ1n) is 6.84. The molecule has 0 rings (SSSR count). The summed E-state index contributed by atoms with van der Waals surface area (Å²) in [5.74, 6) is 0. The first kappa shape index (κ1) is 17.8. The van der Waals surface area contributed by atoms with Crippen LogP contribution in [0.2, 0.25) is 0 Å². The van der Waals surface area contributed by atoms with Crippen LogP contribution < -0.4 is 0 Å². The van der Waals surface area contributed by atoms with Crippen LogP contribution in [0.4, 0.5) is 0 Å². The van der Waals surface area contributed by atoms with Crippen molar-refractivity contribution in [2.75, 3.05) is 39.4 Å².